The molecule has 0 aliphatic heterocycles. The molecule has 0 saturated heterocycles. The summed E-state index contributed by atoms with van der Waals surface area (Å²) in [4.78, 5) is 7.80. The molecule has 4 aromatic rings. The number of rotatable bonds is 5. The predicted molar refractivity (Wildman–Crippen MR) is 107 cm³/mol. The summed E-state index contributed by atoms with van der Waals surface area (Å²) in [5, 5.41) is 0.528. The molecule has 0 spiro atoms. The van der Waals surface area contributed by atoms with Crippen molar-refractivity contribution in [1.82, 2.24) is 19.3 Å². The Kier molecular flexibility index (Phi) is 5.29. The molecule has 0 radical (unpaired) electrons. The Morgan fingerprint density at radius 3 is 2.50 bits per heavy atom. The highest BCUT2D eigenvalue weighted by atomic mass is 32.2. The highest BCUT2D eigenvalue weighted by molar-refractivity contribution is 7.89. The number of hydrogen-bond acceptors (Lipinski definition) is 5. The lowest BCUT2D eigenvalue weighted by molar-refractivity contribution is -0.147. The lowest BCUT2D eigenvalue weighted by atomic mass is 10.1. The zero-order chi connectivity index (χ0) is 23.3. The van der Waals surface area contributed by atoms with Crippen LogP contribution in [0.2, 0.25) is 0 Å². The second kappa shape index (κ2) is 7.71. The number of benzene rings is 1. The number of hydrogen-bond donors (Lipinski definition) is 1. The molecule has 0 aliphatic rings. The van der Waals surface area contributed by atoms with Gasteiger partial charge in [0, 0.05) is 11.6 Å². The van der Waals surface area contributed by atoms with Crippen LogP contribution < -0.4 is 4.72 Å². The molecule has 4 rings (SSSR count). The van der Waals surface area contributed by atoms with E-state index in [4.69, 9.17) is 4.42 Å². The maximum atomic E-state index is 14.1. The van der Waals surface area contributed by atoms with Crippen LogP contribution in [-0.2, 0) is 10.0 Å². The fourth-order valence-electron chi connectivity index (χ4n) is 3.11. The van der Waals surface area contributed by atoms with Gasteiger partial charge in [0.05, 0.1) is 23.1 Å². The van der Waals surface area contributed by atoms with Crippen molar-refractivity contribution in [1.29, 1.82) is 0 Å². The van der Waals surface area contributed by atoms with Gasteiger partial charge in [-0.25, -0.2) is 17.8 Å². The fourth-order valence-corrected chi connectivity index (χ4v) is 4.29. The van der Waals surface area contributed by atoms with E-state index in [2.05, 4.69) is 9.97 Å². The number of nitrogens with one attached hydrogen (secondary N) is 1. The largest absolute Gasteiger partial charge is 0.432 e. The first-order valence-corrected chi connectivity index (χ1v) is 10.7. The summed E-state index contributed by atoms with van der Waals surface area (Å²) in [6, 6.07) is 4.97. The van der Waals surface area contributed by atoms with Gasteiger partial charge in [-0.1, -0.05) is 0 Å². The standard InChI is InChI=1S/C20H16F4N4O3S/c1-11-7-17-13(8-15(11)21)9-18(28(17)19-25-5-6-31-19)16-4-3-14(10-26-16)32(29,30)27-12(2)20(22,23)24/h3-10,12,27H,1-2H3. The van der Waals surface area contributed by atoms with Crippen molar-refractivity contribution in [2.45, 2.75) is 31.0 Å². The highest BCUT2D eigenvalue weighted by Gasteiger charge is 2.39. The summed E-state index contributed by atoms with van der Waals surface area (Å²) >= 11 is 0. The van der Waals surface area contributed by atoms with E-state index >= 15 is 0 Å². The van der Waals surface area contributed by atoms with Gasteiger partial charge in [-0.3, -0.25) is 9.55 Å². The SMILES string of the molecule is Cc1cc2c(cc1F)cc(-c1ccc(S(=O)(=O)NC(C)C(F)(F)F)cn1)n2-c1ncco1. The smallest absolute Gasteiger partial charge is 0.404 e. The van der Waals surface area contributed by atoms with Gasteiger partial charge in [-0.15, -0.1) is 0 Å². The van der Waals surface area contributed by atoms with Crippen LogP contribution in [0.25, 0.3) is 28.3 Å². The van der Waals surface area contributed by atoms with Crippen LogP contribution in [0, 0.1) is 12.7 Å². The molecule has 168 valence electrons. The first-order valence-electron chi connectivity index (χ1n) is 9.24. The Labute approximate surface area is 179 Å². The number of oxazole rings is 1. The monoisotopic (exact) mass is 468 g/mol. The first-order chi connectivity index (χ1) is 15.0. The van der Waals surface area contributed by atoms with E-state index in [1.807, 2.05) is 0 Å². The molecule has 0 aliphatic carbocycles. The molecular weight excluding hydrogens is 452 g/mol. The predicted octanol–water partition coefficient (Wildman–Crippen LogP) is 4.36. The summed E-state index contributed by atoms with van der Waals surface area (Å²) in [5.41, 5.74) is 1.68. The molecule has 0 amide bonds. The minimum atomic E-state index is -4.73. The summed E-state index contributed by atoms with van der Waals surface area (Å²) < 4.78 is 85.4. The average molecular weight is 468 g/mol. The molecule has 3 aromatic heterocycles. The summed E-state index contributed by atoms with van der Waals surface area (Å²) in [6.07, 6.45) is -0.995. The molecule has 0 fully saturated rings. The zero-order valence-corrected chi connectivity index (χ0v) is 17.5. The van der Waals surface area contributed by atoms with Crippen LogP contribution >= 0.6 is 0 Å². The highest BCUT2D eigenvalue weighted by Crippen LogP contribution is 2.32. The van der Waals surface area contributed by atoms with Crippen molar-refractivity contribution in [3.8, 4) is 17.4 Å². The van der Waals surface area contributed by atoms with Crippen molar-refractivity contribution < 1.29 is 30.4 Å². The number of fused-ring (bicyclic) bond motifs is 1. The van der Waals surface area contributed by atoms with Gasteiger partial charge in [0.2, 0.25) is 10.0 Å². The van der Waals surface area contributed by atoms with Gasteiger partial charge in [-0.05, 0) is 49.7 Å². The van der Waals surface area contributed by atoms with E-state index < -0.39 is 33.0 Å². The molecule has 0 saturated carbocycles. The van der Waals surface area contributed by atoms with Crippen molar-refractivity contribution in [2.24, 2.45) is 0 Å². The summed E-state index contributed by atoms with van der Waals surface area (Å²) in [7, 11) is -4.45. The number of nitrogens with zero attached hydrogens (tertiary/aromatic N) is 3. The number of sulfonamides is 1. The lowest BCUT2D eigenvalue weighted by Gasteiger charge is -2.17. The third-order valence-corrected chi connectivity index (χ3v) is 6.35. The third-order valence-electron chi connectivity index (χ3n) is 4.82. The van der Waals surface area contributed by atoms with E-state index in [-0.39, 0.29) is 11.7 Å². The number of aryl methyl sites for hydroxylation is 1. The topological polar surface area (TPSA) is 90.0 Å². The van der Waals surface area contributed by atoms with Gasteiger partial charge < -0.3 is 4.42 Å². The van der Waals surface area contributed by atoms with E-state index in [9.17, 15) is 26.0 Å². The molecule has 1 unspecified atom stereocenters. The molecular formula is C20H16F4N4O3S. The van der Waals surface area contributed by atoms with Crippen LogP contribution in [-0.4, -0.2) is 35.2 Å². The molecule has 7 nitrogen and oxygen atoms in total. The number of aromatic nitrogens is 3. The van der Waals surface area contributed by atoms with Gasteiger partial charge in [0.15, 0.2) is 0 Å². The minimum Gasteiger partial charge on any atom is -0.432 e. The molecule has 0 bridgehead atoms. The zero-order valence-electron chi connectivity index (χ0n) is 16.7. The van der Waals surface area contributed by atoms with Gasteiger partial charge >= 0.3 is 12.2 Å². The maximum absolute atomic E-state index is 14.1. The van der Waals surface area contributed by atoms with Crippen LogP contribution in [0.4, 0.5) is 17.6 Å². The second-order valence-electron chi connectivity index (χ2n) is 7.10. The average Bonchev–Trinajstić information content (AvgIpc) is 3.35. The van der Waals surface area contributed by atoms with Crippen LogP contribution in [0.15, 0.2) is 58.3 Å². The maximum Gasteiger partial charge on any atom is 0.404 e. The molecule has 3 heterocycles. The lowest BCUT2D eigenvalue weighted by Crippen LogP contribution is -2.42. The molecule has 1 atom stereocenters. The van der Waals surface area contributed by atoms with Crippen LogP contribution in [0.5, 0.6) is 0 Å². The number of alkyl halides is 3. The van der Waals surface area contributed by atoms with Gasteiger partial charge in [0.25, 0.3) is 0 Å². The minimum absolute atomic E-state index is 0.181. The quantitative estimate of drug-likeness (QED) is 0.440. The molecule has 32 heavy (non-hydrogen) atoms. The number of halogens is 4. The van der Waals surface area contributed by atoms with Gasteiger partial charge in [-0.2, -0.15) is 17.9 Å². The van der Waals surface area contributed by atoms with E-state index in [1.54, 1.807) is 28.3 Å². The van der Waals surface area contributed by atoms with Crippen molar-refractivity contribution in [3.05, 3.63) is 60.4 Å². The van der Waals surface area contributed by atoms with E-state index in [0.717, 1.165) is 12.3 Å². The van der Waals surface area contributed by atoms with Gasteiger partial charge in [0.1, 0.15) is 23.0 Å². The third kappa shape index (κ3) is 3.98. The summed E-state index contributed by atoms with van der Waals surface area (Å²) in [6.45, 7) is 2.31. The molecule has 12 heteroatoms. The Morgan fingerprint density at radius 2 is 1.91 bits per heavy atom. The Balaban J connectivity index is 1.78. The normalized spacial score (nSPS) is 13.6. The molecule has 1 aromatic carbocycles. The summed E-state index contributed by atoms with van der Waals surface area (Å²) in [5.74, 6) is -0.409. The fraction of sp³-hybridized carbons (Fsp3) is 0.200. The number of pyridine rings is 1. The van der Waals surface area contributed by atoms with Crippen molar-refractivity contribution in [3.63, 3.8) is 0 Å². The second-order valence-corrected chi connectivity index (χ2v) is 8.82. The Bertz CT molecular complexity index is 1380. The molecule has 1 N–H and O–H groups in total. The van der Waals surface area contributed by atoms with Crippen LogP contribution in [0.3, 0.4) is 0 Å². The van der Waals surface area contributed by atoms with Crippen molar-refractivity contribution in [2.75, 3.05) is 0 Å². The van der Waals surface area contributed by atoms with E-state index in [1.165, 1.54) is 24.6 Å². The van der Waals surface area contributed by atoms with Crippen molar-refractivity contribution >= 4 is 20.9 Å². The first kappa shape index (κ1) is 22.0. The Hall–Kier alpha value is -3.25. The van der Waals surface area contributed by atoms with Crippen LogP contribution in [0.1, 0.15) is 12.5 Å². The Morgan fingerprint density at radius 1 is 1.16 bits per heavy atom. The van der Waals surface area contributed by atoms with E-state index in [0.29, 0.717) is 29.1 Å².